The van der Waals surface area contributed by atoms with Crippen molar-refractivity contribution in [3.05, 3.63) is 0 Å². The maximum atomic E-state index is 11.7. The van der Waals surface area contributed by atoms with Crippen molar-refractivity contribution in [2.24, 2.45) is 11.8 Å². The third-order valence-electron chi connectivity index (χ3n) is 4.07. The summed E-state index contributed by atoms with van der Waals surface area (Å²) in [7, 11) is 4.30. The predicted molar refractivity (Wildman–Crippen MR) is 74.5 cm³/mol. The molecular formula is C15H29NO2. The summed E-state index contributed by atoms with van der Waals surface area (Å²) in [6.07, 6.45) is 6.78. The Balaban J connectivity index is 2.56. The molecule has 3 heteroatoms. The van der Waals surface area contributed by atoms with E-state index in [9.17, 15) is 4.79 Å². The molecule has 1 aliphatic carbocycles. The van der Waals surface area contributed by atoms with E-state index >= 15 is 0 Å². The van der Waals surface area contributed by atoms with E-state index in [1.165, 1.54) is 25.7 Å². The summed E-state index contributed by atoms with van der Waals surface area (Å²) in [6.45, 7) is 4.69. The van der Waals surface area contributed by atoms with Crippen LogP contribution in [-0.4, -0.2) is 37.6 Å². The molecule has 0 amide bonds. The van der Waals surface area contributed by atoms with Crippen LogP contribution in [0.4, 0.5) is 0 Å². The second-order valence-electron chi connectivity index (χ2n) is 6.00. The van der Waals surface area contributed by atoms with Gasteiger partial charge in [0, 0.05) is 12.5 Å². The minimum atomic E-state index is -0.0206. The molecule has 3 nitrogen and oxygen atoms in total. The zero-order chi connectivity index (χ0) is 13.5. The zero-order valence-electron chi connectivity index (χ0n) is 12.4. The molecule has 0 spiro atoms. The lowest BCUT2D eigenvalue weighted by molar-refractivity contribution is -0.144. The lowest BCUT2D eigenvalue weighted by Gasteiger charge is -2.32. The Morgan fingerprint density at radius 3 is 2.61 bits per heavy atom. The number of carbonyl (C=O) groups is 1. The topological polar surface area (TPSA) is 29.5 Å². The summed E-state index contributed by atoms with van der Waals surface area (Å²) in [5, 5.41) is 0. The highest BCUT2D eigenvalue weighted by Gasteiger charge is 2.25. The van der Waals surface area contributed by atoms with Gasteiger partial charge in [-0.05, 0) is 52.1 Å². The Labute approximate surface area is 112 Å². The van der Waals surface area contributed by atoms with Crippen molar-refractivity contribution < 1.29 is 9.53 Å². The monoisotopic (exact) mass is 255 g/mol. The number of hydrogen-bond acceptors (Lipinski definition) is 3. The van der Waals surface area contributed by atoms with Crippen molar-refractivity contribution in [2.75, 3.05) is 20.7 Å². The molecule has 0 aliphatic heterocycles. The molecule has 1 saturated carbocycles. The second-order valence-corrected chi connectivity index (χ2v) is 6.00. The maximum absolute atomic E-state index is 11.7. The van der Waals surface area contributed by atoms with Gasteiger partial charge in [-0.2, -0.15) is 0 Å². The number of hydrogen-bond donors (Lipinski definition) is 0. The lowest BCUT2D eigenvalue weighted by Crippen LogP contribution is -2.32. The van der Waals surface area contributed by atoms with Gasteiger partial charge in [0.2, 0.25) is 0 Å². The Hall–Kier alpha value is -0.570. The number of rotatable bonds is 4. The molecule has 0 aromatic rings. The van der Waals surface area contributed by atoms with Gasteiger partial charge in [-0.15, -0.1) is 0 Å². The molecule has 0 saturated heterocycles. The van der Waals surface area contributed by atoms with Crippen LogP contribution in [-0.2, 0) is 9.53 Å². The van der Waals surface area contributed by atoms with Crippen LogP contribution < -0.4 is 0 Å². The summed E-state index contributed by atoms with van der Waals surface area (Å²) >= 11 is 0. The number of carbonyl (C=O) groups excluding carboxylic acids is 1. The van der Waals surface area contributed by atoms with Gasteiger partial charge < -0.3 is 9.64 Å². The fraction of sp³-hybridized carbons (Fsp3) is 0.933. The second kappa shape index (κ2) is 7.78. The maximum Gasteiger partial charge on any atom is 0.306 e. The van der Waals surface area contributed by atoms with Crippen LogP contribution in [0.15, 0.2) is 0 Å². The molecule has 0 bridgehead atoms. The minimum absolute atomic E-state index is 0.0206. The third kappa shape index (κ3) is 5.38. The molecular weight excluding hydrogens is 226 g/mol. The van der Waals surface area contributed by atoms with E-state index in [4.69, 9.17) is 4.74 Å². The van der Waals surface area contributed by atoms with Gasteiger partial charge in [-0.1, -0.05) is 19.8 Å². The average Bonchev–Trinajstić information content (AvgIpc) is 2.24. The highest BCUT2D eigenvalue weighted by atomic mass is 16.5. The summed E-state index contributed by atoms with van der Waals surface area (Å²) in [6, 6.07) is 0.622. The van der Waals surface area contributed by atoms with Crippen molar-refractivity contribution >= 4 is 5.97 Å². The van der Waals surface area contributed by atoms with E-state index in [-0.39, 0.29) is 5.97 Å². The summed E-state index contributed by atoms with van der Waals surface area (Å²) in [5.74, 6) is 1.21. The number of nitrogens with zero attached hydrogens (tertiary/aromatic N) is 1. The van der Waals surface area contributed by atoms with E-state index in [1.54, 1.807) is 0 Å². The fourth-order valence-electron chi connectivity index (χ4n) is 3.08. The SMILES string of the molecule is CCOC(=O)CC1CC(C)CCCC(N(C)C)C1. The minimum Gasteiger partial charge on any atom is -0.466 e. The van der Waals surface area contributed by atoms with E-state index < -0.39 is 0 Å². The van der Waals surface area contributed by atoms with Crippen molar-refractivity contribution in [2.45, 2.75) is 58.4 Å². The lowest BCUT2D eigenvalue weighted by atomic mass is 9.81. The van der Waals surface area contributed by atoms with E-state index in [1.807, 2.05) is 6.92 Å². The standard InChI is InChI=1S/C15H29NO2/c1-5-18-15(17)11-13-9-12(2)7-6-8-14(10-13)16(3)4/h12-14H,5-11H2,1-4H3. The first-order valence-electron chi connectivity index (χ1n) is 7.35. The van der Waals surface area contributed by atoms with E-state index in [2.05, 4.69) is 25.9 Å². The molecule has 106 valence electrons. The first-order chi connectivity index (χ1) is 8.52. The molecule has 3 unspecified atom stereocenters. The smallest absolute Gasteiger partial charge is 0.306 e. The van der Waals surface area contributed by atoms with E-state index in [0.717, 1.165) is 12.3 Å². The highest BCUT2D eigenvalue weighted by Crippen LogP contribution is 2.30. The third-order valence-corrected chi connectivity index (χ3v) is 4.07. The highest BCUT2D eigenvalue weighted by molar-refractivity contribution is 5.69. The van der Waals surface area contributed by atoms with Gasteiger partial charge in [-0.25, -0.2) is 0 Å². The van der Waals surface area contributed by atoms with Crippen molar-refractivity contribution in [3.63, 3.8) is 0 Å². The first-order valence-corrected chi connectivity index (χ1v) is 7.35. The van der Waals surface area contributed by atoms with Gasteiger partial charge in [-0.3, -0.25) is 4.79 Å². The Bertz CT molecular complexity index is 253. The Kier molecular flexibility index (Phi) is 6.69. The van der Waals surface area contributed by atoms with Gasteiger partial charge >= 0.3 is 5.97 Å². The van der Waals surface area contributed by atoms with Crippen LogP contribution in [0.5, 0.6) is 0 Å². The van der Waals surface area contributed by atoms with Gasteiger partial charge in [0.1, 0.15) is 0 Å². The van der Waals surface area contributed by atoms with Crippen LogP contribution in [0.3, 0.4) is 0 Å². The van der Waals surface area contributed by atoms with Crippen LogP contribution in [0.2, 0.25) is 0 Å². The van der Waals surface area contributed by atoms with Crippen LogP contribution in [0.1, 0.15) is 52.4 Å². The molecule has 18 heavy (non-hydrogen) atoms. The van der Waals surface area contributed by atoms with Gasteiger partial charge in [0.05, 0.1) is 6.61 Å². The largest absolute Gasteiger partial charge is 0.466 e. The number of esters is 1. The molecule has 0 aromatic carbocycles. The quantitative estimate of drug-likeness (QED) is 0.723. The van der Waals surface area contributed by atoms with Crippen LogP contribution >= 0.6 is 0 Å². The average molecular weight is 255 g/mol. The fourth-order valence-corrected chi connectivity index (χ4v) is 3.08. The normalized spacial score (nSPS) is 29.7. The van der Waals surface area contributed by atoms with Crippen molar-refractivity contribution in [3.8, 4) is 0 Å². The van der Waals surface area contributed by atoms with Crippen molar-refractivity contribution in [1.82, 2.24) is 4.90 Å². The molecule has 0 heterocycles. The summed E-state index contributed by atoms with van der Waals surface area (Å²) in [4.78, 5) is 14.0. The molecule has 0 radical (unpaired) electrons. The molecule has 3 atom stereocenters. The molecule has 0 aromatic heterocycles. The molecule has 0 N–H and O–H groups in total. The molecule has 1 fully saturated rings. The van der Waals surface area contributed by atoms with Gasteiger partial charge in [0.25, 0.3) is 0 Å². The molecule has 1 aliphatic rings. The Morgan fingerprint density at radius 2 is 2.00 bits per heavy atom. The van der Waals surface area contributed by atoms with Gasteiger partial charge in [0.15, 0.2) is 0 Å². The summed E-state index contributed by atoms with van der Waals surface area (Å²) < 4.78 is 5.10. The number of ether oxygens (including phenoxy) is 1. The van der Waals surface area contributed by atoms with E-state index in [0.29, 0.717) is 25.0 Å². The van der Waals surface area contributed by atoms with Crippen molar-refractivity contribution in [1.29, 1.82) is 0 Å². The zero-order valence-corrected chi connectivity index (χ0v) is 12.4. The Morgan fingerprint density at radius 1 is 1.28 bits per heavy atom. The summed E-state index contributed by atoms with van der Waals surface area (Å²) in [5.41, 5.74) is 0. The van der Waals surface area contributed by atoms with Crippen LogP contribution in [0, 0.1) is 11.8 Å². The van der Waals surface area contributed by atoms with Crippen LogP contribution in [0.25, 0.3) is 0 Å². The molecule has 1 rings (SSSR count). The first kappa shape index (κ1) is 15.5. The predicted octanol–water partition coefficient (Wildman–Crippen LogP) is 3.09.